The molecule has 64 valence electrons. The minimum atomic E-state index is -0.990. The van der Waals surface area contributed by atoms with Crippen LogP contribution in [0.3, 0.4) is 0 Å². The topological polar surface area (TPSA) is 78.4 Å². The molecule has 1 aliphatic rings. The molecule has 0 bridgehead atoms. The first-order chi connectivity index (χ1) is 5.58. The van der Waals surface area contributed by atoms with E-state index in [1.165, 1.54) is 6.08 Å². The second kappa shape index (κ2) is 3.08. The maximum absolute atomic E-state index is 10.7. The molecule has 12 heavy (non-hydrogen) atoms. The van der Waals surface area contributed by atoms with Crippen molar-refractivity contribution in [3.8, 4) is 0 Å². The average molecular weight is 168 g/mol. The van der Waals surface area contributed by atoms with Crippen molar-refractivity contribution in [2.24, 2.45) is 0 Å². The van der Waals surface area contributed by atoms with Gasteiger partial charge in [0.15, 0.2) is 0 Å². The van der Waals surface area contributed by atoms with Gasteiger partial charge in [-0.2, -0.15) is 0 Å². The standard InChI is InChI=1S/C7H8N2O3/c1-4-2-5(3-6(10)11)9-7(12)8-4/h2H,1,3H2,(H,10,11)(H2,8,9,12). The summed E-state index contributed by atoms with van der Waals surface area (Å²) in [7, 11) is 0. The number of nitrogens with one attached hydrogen (secondary N) is 2. The summed E-state index contributed by atoms with van der Waals surface area (Å²) in [6.07, 6.45) is 1.28. The van der Waals surface area contributed by atoms with Gasteiger partial charge in [-0.3, -0.25) is 4.79 Å². The maximum atomic E-state index is 10.7. The molecule has 0 unspecified atom stereocenters. The second-order valence-electron chi connectivity index (χ2n) is 2.34. The fraction of sp³-hybridized carbons (Fsp3) is 0.143. The Labute approximate surface area is 68.8 Å². The highest BCUT2D eigenvalue weighted by molar-refractivity contribution is 5.82. The molecule has 0 aromatic heterocycles. The lowest BCUT2D eigenvalue weighted by molar-refractivity contribution is -0.136. The maximum Gasteiger partial charge on any atom is 0.323 e. The quantitative estimate of drug-likeness (QED) is 0.550. The zero-order valence-electron chi connectivity index (χ0n) is 6.26. The normalized spacial score (nSPS) is 16.2. The zero-order valence-corrected chi connectivity index (χ0v) is 6.26. The van der Waals surface area contributed by atoms with E-state index in [1.54, 1.807) is 0 Å². The van der Waals surface area contributed by atoms with Gasteiger partial charge in [-0.05, 0) is 6.08 Å². The van der Waals surface area contributed by atoms with Gasteiger partial charge >= 0.3 is 12.0 Å². The van der Waals surface area contributed by atoms with Crippen LogP contribution in [0.15, 0.2) is 24.0 Å². The molecule has 0 spiro atoms. The minimum absolute atomic E-state index is 0.202. The third-order valence-electron chi connectivity index (χ3n) is 1.24. The molecule has 1 heterocycles. The van der Waals surface area contributed by atoms with Gasteiger partial charge in [0.2, 0.25) is 0 Å². The van der Waals surface area contributed by atoms with Crippen molar-refractivity contribution in [2.75, 3.05) is 0 Å². The highest BCUT2D eigenvalue weighted by atomic mass is 16.4. The molecule has 5 heteroatoms. The van der Waals surface area contributed by atoms with E-state index in [4.69, 9.17) is 5.11 Å². The molecule has 0 atom stereocenters. The smallest absolute Gasteiger partial charge is 0.323 e. The van der Waals surface area contributed by atoms with Gasteiger partial charge in [0.05, 0.1) is 6.42 Å². The Balaban J connectivity index is 2.70. The minimum Gasteiger partial charge on any atom is -0.481 e. The number of allylic oxidation sites excluding steroid dienone is 1. The molecule has 0 aromatic carbocycles. The summed E-state index contributed by atoms with van der Waals surface area (Å²) in [5.74, 6) is -0.990. The first-order valence-electron chi connectivity index (χ1n) is 3.27. The summed E-state index contributed by atoms with van der Waals surface area (Å²) in [6.45, 7) is 3.48. The van der Waals surface area contributed by atoms with E-state index in [2.05, 4.69) is 17.2 Å². The lowest BCUT2D eigenvalue weighted by atomic mass is 10.2. The number of hydrogen-bond donors (Lipinski definition) is 3. The summed E-state index contributed by atoms with van der Waals surface area (Å²) in [5.41, 5.74) is 0.742. The molecule has 0 radical (unpaired) electrons. The molecule has 1 aliphatic heterocycles. The predicted molar refractivity (Wildman–Crippen MR) is 41.1 cm³/mol. The van der Waals surface area contributed by atoms with Crippen LogP contribution in [0, 0.1) is 0 Å². The van der Waals surface area contributed by atoms with Crippen molar-refractivity contribution in [2.45, 2.75) is 6.42 Å². The number of carbonyl (C=O) groups is 2. The van der Waals surface area contributed by atoms with Gasteiger partial charge in [0.1, 0.15) is 0 Å². The van der Waals surface area contributed by atoms with Crippen LogP contribution < -0.4 is 10.6 Å². The van der Waals surface area contributed by atoms with E-state index in [0.717, 1.165) is 0 Å². The van der Waals surface area contributed by atoms with Crippen LogP contribution in [0.25, 0.3) is 0 Å². The molecule has 0 aliphatic carbocycles. The molecule has 3 N–H and O–H groups in total. The summed E-state index contributed by atoms with van der Waals surface area (Å²) in [5, 5.41) is 13.1. The van der Waals surface area contributed by atoms with Gasteiger partial charge in [-0.25, -0.2) is 4.79 Å². The van der Waals surface area contributed by atoms with Gasteiger partial charge in [0, 0.05) is 11.4 Å². The fourth-order valence-corrected chi connectivity index (χ4v) is 0.864. The zero-order chi connectivity index (χ0) is 9.14. The third-order valence-corrected chi connectivity index (χ3v) is 1.24. The van der Waals surface area contributed by atoms with E-state index in [9.17, 15) is 9.59 Å². The third kappa shape index (κ3) is 2.12. The summed E-state index contributed by atoms with van der Waals surface area (Å²) in [6, 6.07) is -0.446. The Kier molecular flexibility index (Phi) is 2.14. The number of aliphatic carboxylic acids is 1. The molecule has 1 rings (SSSR count). The number of rotatable bonds is 2. The highest BCUT2D eigenvalue weighted by Crippen LogP contribution is 2.04. The van der Waals surface area contributed by atoms with Gasteiger partial charge in [0.25, 0.3) is 0 Å². The molecular formula is C7H8N2O3. The van der Waals surface area contributed by atoms with Crippen molar-refractivity contribution in [3.05, 3.63) is 24.0 Å². The Morgan fingerprint density at radius 1 is 1.58 bits per heavy atom. The summed E-state index contributed by atoms with van der Waals surface area (Å²) < 4.78 is 0. The monoisotopic (exact) mass is 168 g/mol. The molecular weight excluding hydrogens is 160 g/mol. The van der Waals surface area contributed by atoms with Crippen LogP contribution in [0.5, 0.6) is 0 Å². The lowest BCUT2D eigenvalue weighted by Gasteiger charge is -2.15. The number of carbonyl (C=O) groups excluding carboxylic acids is 1. The molecule has 2 amide bonds. The van der Waals surface area contributed by atoms with Crippen molar-refractivity contribution in [1.29, 1.82) is 0 Å². The van der Waals surface area contributed by atoms with Crippen LogP contribution in [-0.4, -0.2) is 17.1 Å². The highest BCUT2D eigenvalue weighted by Gasteiger charge is 2.13. The summed E-state index contributed by atoms with van der Waals surface area (Å²) in [4.78, 5) is 21.0. The molecule has 0 fully saturated rings. The van der Waals surface area contributed by atoms with Crippen LogP contribution in [0.2, 0.25) is 0 Å². The Bertz CT molecular complexity index is 280. The first-order valence-corrected chi connectivity index (χ1v) is 3.27. The predicted octanol–water partition coefficient (Wildman–Crippen LogP) is 0.172. The van der Waals surface area contributed by atoms with Crippen LogP contribution >= 0.6 is 0 Å². The van der Waals surface area contributed by atoms with Crippen molar-refractivity contribution >= 4 is 12.0 Å². The molecule has 5 nitrogen and oxygen atoms in total. The average Bonchev–Trinajstić information content (AvgIpc) is 1.81. The van der Waals surface area contributed by atoms with Crippen molar-refractivity contribution in [1.82, 2.24) is 10.6 Å². The second-order valence-corrected chi connectivity index (χ2v) is 2.34. The van der Waals surface area contributed by atoms with E-state index < -0.39 is 12.0 Å². The van der Waals surface area contributed by atoms with Crippen LogP contribution in [0.4, 0.5) is 4.79 Å². The van der Waals surface area contributed by atoms with Gasteiger partial charge in [-0.1, -0.05) is 6.58 Å². The van der Waals surface area contributed by atoms with E-state index >= 15 is 0 Å². The van der Waals surface area contributed by atoms with Crippen molar-refractivity contribution < 1.29 is 14.7 Å². The number of amides is 2. The van der Waals surface area contributed by atoms with Crippen LogP contribution in [-0.2, 0) is 4.79 Å². The SMILES string of the molecule is C=C1C=C(CC(=O)O)NC(=O)N1. The summed E-state index contributed by atoms with van der Waals surface area (Å²) >= 11 is 0. The molecule has 0 aromatic rings. The Hall–Kier alpha value is -1.78. The molecule has 0 saturated heterocycles. The number of carboxylic acid groups (broad SMARTS) is 1. The number of hydrogen-bond acceptors (Lipinski definition) is 2. The van der Waals surface area contributed by atoms with E-state index in [1.807, 2.05) is 0 Å². The lowest BCUT2D eigenvalue weighted by Crippen LogP contribution is -2.38. The van der Waals surface area contributed by atoms with Gasteiger partial charge < -0.3 is 15.7 Å². The Morgan fingerprint density at radius 3 is 2.75 bits per heavy atom. The first kappa shape index (κ1) is 8.32. The Morgan fingerprint density at radius 2 is 2.25 bits per heavy atom. The van der Waals surface area contributed by atoms with Crippen LogP contribution in [0.1, 0.15) is 6.42 Å². The molecule has 0 saturated carbocycles. The largest absolute Gasteiger partial charge is 0.481 e. The van der Waals surface area contributed by atoms with E-state index in [0.29, 0.717) is 11.4 Å². The van der Waals surface area contributed by atoms with E-state index in [-0.39, 0.29) is 6.42 Å². The van der Waals surface area contributed by atoms with Gasteiger partial charge in [-0.15, -0.1) is 0 Å². The number of urea groups is 1. The fourth-order valence-electron chi connectivity index (χ4n) is 0.864. The van der Waals surface area contributed by atoms with Crippen molar-refractivity contribution in [3.63, 3.8) is 0 Å². The number of carboxylic acids is 1.